The van der Waals surface area contributed by atoms with E-state index < -0.39 is 0 Å². The monoisotopic (exact) mass is 222 g/mol. The molecule has 1 aliphatic heterocycles. The molecule has 3 atom stereocenters. The number of carbonyl (C=O) groups excluding carboxylic acids is 1. The predicted octanol–water partition coefficient (Wildman–Crippen LogP) is 1.45. The van der Waals surface area contributed by atoms with Gasteiger partial charge in [0.2, 0.25) is 5.91 Å². The summed E-state index contributed by atoms with van der Waals surface area (Å²) in [5.74, 6) is 1.26. The molecule has 88 valence electrons. The largest absolute Gasteiger partial charge is 0.467 e. The molecule has 1 aromatic heterocycles. The highest BCUT2D eigenvalue weighted by atomic mass is 16.3. The van der Waals surface area contributed by atoms with Gasteiger partial charge in [0, 0.05) is 0 Å². The highest BCUT2D eigenvalue weighted by molar-refractivity contribution is 5.82. The summed E-state index contributed by atoms with van der Waals surface area (Å²) in [5.41, 5.74) is 0. The summed E-state index contributed by atoms with van der Waals surface area (Å²) in [6.45, 7) is 4.95. The van der Waals surface area contributed by atoms with Crippen LogP contribution in [0.4, 0.5) is 0 Å². The second-order valence-electron chi connectivity index (χ2n) is 4.44. The standard InChI is InChI=1S/C12H18N2O2/c1-8-5-6-13-11(8)12(15)14-9(2)10-4-3-7-16-10/h3-4,7-9,11,13H,5-6H2,1-2H3,(H,14,15)/t8?,9-,11?/m0/s1. The van der Waals surface area contributed by atoms with Crippen molar-refractivity contribution in [3.8, 4) is 0 Å². The topological polar surface area (TPSA) is 54.3 Å². The first-order valence-electron chi connectivity index (χ1n) is 5.75. The molecule has 0 spiro atoms. The average Bonchev–Trinajstić information content (AvgIpc) is 2.86. The molecule has 1 aromatic rings. The van der Waals surface area contributed by atoms with Gasteiger partial charge in [-0.25, -0.2) is 0 Å². The number of rotatable bonds is 3. The van der Waals surface area contributed by atoms with E-state index in [1.165, 1.54) is 0 Å². The fourth-order valence-electron chi connectivity index (χ4n) is 2.10. The van der Waals surface area contributed by atoms with E-state index in [1.807, 2.05) is 19.1 Å². The molecule has 0 radical (unpaired) electrons. The fourth-order valence-corrected chi connectivity index (χ4v) is 2.10. The van der Waals surface area contributed by atoms with Gasteiger partial charge >= 0.3 is 0 Å². The molecule has 0 bridgehead atoms. The highest BCUT2D eigenvalue weighted by Crippen LogP contribution is 2.17. The van der Waals surface area contributed by atoms with Gasteiger partial charge in [-0.05, 0) is 37.9 Å². The number of furan rings is 1. The van der Waals surface area contributed by atoms with Gasteiger partial charge in [0.15, 0.2) is 0 Å². The molecule has 16 heavy (non-hydrogen) atoms. The molecule has 1 aliphatic rings. The molecule has 1 fully saturated rings. The van der Waals surface area contributed by atoms with Gasteiger partial charge in [0.05, 0.1) is 18.3 Å². The van der Waals surface area contributed by atoms with Gasteiger partial charge in [0.1, 0.15) is 5.76 Å². The Kier molecular flexibility index (Phi) is 3.29. The lowest BCUT2D eigenvalue weighted by Crippen LogP contribution is -2.44. The lowest BCUT2D eigenvalue weighted by atomic mass is 10.0. The molecular formula is C12H18N2O2. The molecule has 2 heterocycles. The van der Waals surface area contributed by atoms with Crippen molar-refractivity contribution in [2.75, 3.05) is 6.54 Å². The summed E-state index contributed by atoms with van der Waals surface area (Å²) in [6.07, 6.45) is 2.68. The number of carbonyl (C=O) groups is 1. The van der Waals surface area contributed by atoms with Crippen molar-refractivity contribution in [2.45, 2.75) is 32.4 Å². The molecular weight excluding hydrogens is 204 g/mol. The molecule has 1 saturated heterocycles. The van der Waals surface area contributed by atoms with Crippen LogP contribution in [0.15, 0.2) is 22.8 Å². The molecule has 2 N–H and O–H groups in total. The van der Waals surface area contributed by atoms with Gasteiger partial charge in [-0.15, -0.1) is 0 Å². The smallest absolute Gasteiger partial charge is 0.237 e. The fraction of sp³-hybridized carbons (Fsp3) is 0.583. The van der Waals surface area contributed by atoms with Crippen LogP contribution < -0.4 is 10.6 Å². The van der Waals surface area contributed by atoms with Crippen molar-refractivity contribution in [1.82, 2.24) is 10.6 Å². The summed E-state index contributed by atoms with van der Waals surface area (Å²) < 4.78 is 5.25. The first-order valence-corrected chi connectivity index (χ1v) is 5.75. The molecule has 4 heteroatoms. The maximum absolute atomic E-state index is 11.9. The summed E-state index contributed by atoms with van der Waals surface area (Å²) in [7, 11) is 0. The van der Waals surface area contributed by atoms with Crippen LogP contribution in [-0.2, 0) is 4.79 Å². The highest BCUT2D eigenvalue weighted by Gasteiger charge is 2.30. The Morgan fingerprint density at radius 1 is 1.69 bits per heavy atom. The number of nitrogens with one attached hydrogen (secondary N) is 2. The third kappa shape index (κ3) is 2.27. The van der Waals surface area contributed by atoms with Gasteiger partial charge in [0.25, 0.3) is 0 Å². The van der Waals surface area contributed by atoms with E-state index in [2.05, 4.69) is 17.6 Å². The van der Waals surface area contributed by atoms with Crippen molar-refractivity contribution >= 4 is 5.91 Å². The van der Waals surface area contributed by atoms with Crippen LogP contribution >= 0.6 is 0 Å². The van der Waals surface area contributed by atoms with E-state index >= 15 is 0 Å². The summed E-state index contributed by atoms with van der Waals surface area (Å²) in [4.78, 5) is 11.9. The molecule has 0 aliphatic carbocycles. The molecule has 1 amide bonds. The Morgan fingerprint density at radius 2 is 2.50 bits per heavy atom. The number of amides is 1. The quantitative estimate of drug-likeness (QED) is 0.814. The zero-order chi connectivity index (χ0) is 11.5. The zero-order valence-electron chi connectivity index (χ0n) is 9.69. The van der Waals surface area contributed by atoms with Crippen LogP contribution in [-0.4, -0.2) is 18.5 Å². The van der Waals surface area contributed by atoms with E-state index in [4.69, 9.17) is 4.42 Å². The zero-order valence-corrected chi connectivity index (χ0v) is 9.69. The Balaban J connectivity index is 1.92. The van der Waals surface area contributed by atoms with E-state index in [-0.39, 0.29) is 18.0 Å². The van der Waals surface area contributed by atoms with E-state index in [0.717, 1.165) is 18.7 Å². The first-order chi connectivity index (χ1) is 7.68. The summed E-state index contributed by atoms with van der Waals surface area (Å²) >= 11 is 0. The Morgan fingerprint density at radius 3 is 3.06 bits per heavy atom. The van der Waals surface area contributed by atoms with Gasteiger partial charge < -0.3 is 15.1 Å². The lowest BCUT2D eigenvalue weighted by molar-refractivity contribution is -0.124. The second kappa shape index (κ2) is 4.70. The first kappa shape index (κ1) is 11.2. The summed E-state index contributed by atoms with van der Waals surface area (Å²) in [5, 5.41) is 6.17. The molecule has 2 unspecified atom stereocenters. The van der Waals surface area contributed by atoms with Crippen molar-refractivity contribution in [2.24, 2.45) is 5.92 Å². The van der Waals surface area contributed by atoms with E-state index in [0.29, 0.717) is 5.92 Å². The maximum Gasteiger partial charge on any atom is 0.237 e. The van der Waals surface area contributed by atoms with Gasteiger partial charge in [-0.3, -0.25) is 4.79 Å². The normalized spacial score (nSPS) is 26.6. The maximum atomic E-state index is 11.9. The Labute approximate surface area is 95.4 Å². The van der Waals surface area contributed by atoms with Crippen LogP contribution in [0.5, 0.6) is 0 Å². The van der Waals surface area contributed by atoms with E-state index in [1.54, 1.807) is 6.26 Å². The van der Waals surface area contributed by atoms with Gasteiger partial charge in [-0.2, -0.15) is 0 Å². The Hall–Kier alpha value is -1.29. The van der Waals surface area contributed by atoms with Crippen molar-refractivity contribution in [3.05, 3.63) is 24.2 Å². The number of hydrogen-bond donors (Lipinski definition) is 2. The van der Waals surface area contributed by atoms with Crippen LogP contribution in [0.25, 0.3) is 0 Å². The summed E-state index contributed by atoms with van der Waals surface area (Å²) in [6, 6.07) is 3.57. The van der Waals surface area contributed by atoms with Crippen LogP contribution in [0.3, 0.4) is 0 Å². The van der Waals surface area contributed by atoms with Crippen molar-refractivity contribution in [1.29, 1.82) is 0 Å². The van der Waals surface area contributed by atoms with E-state index in [9.17, 15) is 4.79 Å². The molecule has 2 rings (SSSR count). The van der Waals surface area contributed by atoms with Gasteiger partial charge in [-0.1, -0.05) is 6.92 Å². The molecule has 0 saturated carbocycles. The lowest BCUT2D eigenvalue weighted by Gasteiger charge is -2.18. The third-order valence-electron chi connectivity index (χ3n) is 3.14. The van der Waals surface area contributed by atoms with Crippen LogP contribution in [0.2, 0.25) is 0 Å². The van der Waals surface area contributed by atoms with Crippen molar-refractivity contribution < 1.29 is 9.21 Å². The SMILES string of the molecule is CC1CCNC1C(=O)N[C@@H](C)c1ccco1. The minimum atomic E-state index is -0.0721. The number of hydrogen-bond acceptors (Lipinski definition) is 3. The third-order valence-corrected chi connectivity index (χ3v) is 3.14. The minimum Gasteiger partial charge on any atom is -0.467 e. The van der Waals surface area contributed by atoms with Crippen LogP contribution in [0.1, 0.15) is 32.1 Å². The predicted molar refractivity (Wildman–Crippen MR) is 60.8 cm³/mol. The average molecular weight is 222 g/mol. The molecule has 0 aromatic carbocycles. The minimum absolute atomic E-state index is 0.0580. The van der Waals surface area contributed by atoms with Crippen LogP contribution in [0, 0.1) is 5.92 Å². The molecule has 4 nitrogen and oxygen atoms in total. The Bertz CT molecular complexity index is 348. The van der Waals surface area contributed by atoms with Crippen molar-refractivity contribution in [3.63, 3.8) is 0 Å². The second-order valence-corrected chi connectivity index (χ2v) is 4.44.